The third-order valence-corrected chi connectivity index (χ3v) is 11.3. The highest BCUT2D eigenvalue weighted by atomic mass is 16.3. The molecule has 57 heavy (non-hydrogen) atoms. The first-order valence-corrected chi connectivity index (χ1v) is 20.0. The highest BCUT2D eigenvalue weighted by molar-refractivity contribution is 5.94. The Morgan fingerprint density at radius 3 is 1.86 bits per heavy atom. The fourth-order valence-electron chi connectivity index (χ4n) is 8.21. The smallest absolute Gasteiger partial charge is 0.287 e. The molecule has 3 aliphatic heterocycles. The number of nitrogens with zero attached hydrogens (tertiary/aromatic N) is 6. The predicted molar refractivity (Wildman–Crippen MR) is 217 cm³/mol. The molecule has 14 nitrogen and oxygen atoms in total. The Balaban J connectivity index is 0.876. The van der Waals surface area contributed by atoms with Gasteiger partial charge in [0.2, 0.25) is 5.91 Å². The Labute approximate surface area is 334 Å². The van der Waals surface area contributed by atoms with E-state index in [0.717, 1.165) is 88.4 Å². The summed E-state index contributed by atoms with van der Waals surface area (Å²) in [5.74, 6) is -0.496. The lowest BCUT2D eigenvalue weighted by atomic mass is 9.91. The van der Waals surface area contributed by atoms with Crippen molar-refractivity contribution in [3.63, 3.8) is 0 Å². The number of nitrogens with one attached hydrogen (secondary N) is 2. The number of hydrogen-bond donors (Lipinski definition) is 5. The van der Waals surface area contributed by atoms with Crippen LogP contribution in [0.15, 0.2) is 73.1 Å². The number of aliphatic hydroxyl groups is 2. The minimum absolute atomic E-state index is 0.157. The van der Waals surface area contributed by atoms with Gasteiger partial charge in [0.25, 0.3) is 11.8 Å². The molecule has 3 amide bonds. The topological polar surface area (TPSA) is 173 Å². The molecule has 1 aromatic heterocycles. The first-order valence-electron chi connectivity index (χ1n) is 20.0. The van der Waals surface area contributed by atoms with Gasteiger partial charge < -0.3 is 31.1 Å². The Kier molecular flexibility index (Phi) is 13.1. The van der Waals surface area contributed by atoms with Gasteiger partial charge in [-0.3, -0.25) is 34.0 Å². The largest absolute Gasteiger partial charge is 0.390 e. The van der Waals surface area contributed by atoms with Crippen molar-refractivity contribution in [1.82, 2.24) is 39.8 Å². The van der Waals surface area contributed by atoms with E-state index >= 15 is 0 Å². The average molecular weight is 778 g/mol. The average Bonchev–Trinajstić information content (AvgIpc) is 3.64. The number of aryl methyl sites for hydroxylation is 1. The molecule has 0 radical (unpaired) electrons. The highest BCUT2D eigenvalue weighted by Gasteiger charge is 2.23. The molecule has 7 rings (SSSR count). The summed E-state index contributed by atoms with van der Waals surface area (Å²) in [5, 5.41) is 27.4. The van der Waals surface area contributed by atoms with Crippen LogP contribution in [-0.4, -0.2) is 141 Å². The molecule has 0 bridgehead atoms. The third kappa shape index (κ3) is 10.7. The van der Waals surface area contributed by atoms with Crippen LogP contribution in [0.1, 0.15) is 48.8 Å². The number of rotatable bonds is 15. The number of β-amino-alcohol motifs (C(OH)–C–C–N with tert-alkyl or cyclic N) is 2. The predicted octanol–water partition coefficient (Wildman–Crippen LogP) is 0.988. The fraction of sp³-hybridized carbons (Fsp3) is 0.442. The number of imidazole rings is 1. The van der Waals surface area contributed by atoms with Crippen molar-refractivity contribution in [2.24, 2.45) is 12.8 Å². The first-order chi connectivity index (χ1) is 27.6. The molecule has 1 fully saturated rings. The van der Waals surface area contributed by atoms with Crippen molar-refractivity contribution in [2.45, 2.75) is 44.7 Å². The summed E-state index contributed by atoms with van der Waals surface area (Å²) < 4.78 is 1.65. The van der Waals surface area contributed by atoms with Gasteiger partial charge in [-0.05, 0) is 76.1 Å². The first kappa shape index (κ1) is 40.2. The zero-order chi connectivity index (χ0) is 39.9. The summed E-state index contributed by atoms with van der Waals surface area (Å²) in [6, 6.07) is 21.0. The van der Waals surface area contributed by atoms with E-state index in [1.807, 2.05) is 18.2 Å². The van der Waals surface area contributed by atoms with E-state index in [2.05, 4.69) is 71.6 Å². The van der Waals surface area contributed by atoms with Crippen LogP contribution in [-0.2, 0) is 44.3 Å². The van der Waals surface area contributed by atoms with Gasteiger partial charge in [0, 0.05) is 110 Å². The molecule has 3 aliphatic rings. The summed E-state index contributed by atoms with van der Waals surface area (Å²) in [6.07, 6.45) is 3.67. The molecule has 0 saturated carbocycles. The van der Waals surface area contributed by atoms with E-state index in [4.69, 9.17) is 5.73 Å². The van der Waals surface area contributed by atoms with E-state index in [9.17, 15) is 24.6 Å². The Morgan fingerprint density at radius 2 is 1.30 bits per heavy atom. The highest BCUT2D eigenvalue weighted by Crippen LogP contribution is 2.30. The van der Waals surface area contributed by atoms with E-state index in [0.29, 0.717) is 24.5 Å². The number of fused-ring (bicyclic) bond motifs is 2. The number of carbonyl (C=O) groups excluding carboxylic acids is 3. The minimum atomic E-state index is -0.711. The number of aliphatic hydroxyl groups excluding tert-OH is 2. The van der Waals surface area contributed by atoms with Gasteiger partial charge in [-0.1, -0.05) is 36.4 Å². The maximum Gasteiger partial charge on any atom is 0.287 e. The van der Waals surface area contributed by atoms with Crippen molar-refractivity contribution < 1.29 is 24.6 Å². The second-order valence-electron chi connectivity index (χ2n) is 15.7. The van der Waals surface area contributed by atoms with Crippen molar-refractivity contribution in [3.05, 3.63) is 112 Å². The molecule has 14 heteroatoms. The van der Waals surface area contributed by atoms with Gasteiger partial charge in [0.05, 0.1) is 18.8 Å². The lowest BCUT2D eigenvalue weighted by molar-refractivity contribution is -0.119. The number of primary amides is 1. The van der Waals surface area contributed by atoms with Gasteiger partial charge in [0.1, 0.15) is 0 Å². The van der Waals surface area contributed by atoms with Gasteiger partial charge in [-0.15, -0.1) is 0 Å². The second-order valence-corrected chi connectivity index (χ2v) is 15.7. The monoisotopic (exact) mass is 777 g/mol. The molecule has 302 valence electrons. The van der Waals surface area contributed by atoms with Crippen LogP contribution in [0.25, 0.3) is 11.1 Å². The summed E-state index contributed by atoms with van der Waals surface area (Å²) in [6.45, 7) is 8.60. The van der Waals surface area contributed by atoms with Crippen LogP contribution in [0.2, 0.25) is 0 Å². The van der Waals surface area contributed by atoms with Crippen LogP contribution in [0.3, 0.4) is 0 Å². The summed E-state index contributed by atoms with van der Waals surface area (Å²) in [4.78, 5) is 49.7. The van der Waals surface area contributed by atoms with Crippen molar-refractivity contribution in [3.8, 4) is 11.1 Å². The molecule has 4 aromatic rings. The molecule has 6 N–H and O–H groups in total. The fourth-order valence-corrected chi connectivity index (χ4v) is 8.21. The zero-order valence-electron chi connectivity index (χ0n) is 32.8. The van der Waals surface area contributed by atoms with Crippen LogP contribution in [0.4, 0.5) is 0 Å². The second kappa shape index (κ2) is 18.5. The Morgan fingerprint density at radius 1 is 0.719 bits per heavy atom. The SMILES string of the molecule is Cn1ccnc1C(=O)NCC(O)CN1CCc2ccc(-c3ccc4c(c3)CN(CC(O)CNC(=O)c3cccc(CN5CCN(CC(N)=O)CC5)c3)CC4)cc2C1. The van der Waals surface area contributed by atoms with Crippen LogP contribution in [0.5, 0.6) is 0 Å². The minimum Gasteiger partial charge on any atom is -0.390 e. The van der Waals surface area contributed by atoms with E-state index in [1.54, 1.807) is 30.1 Å². The van der Waals surface area contributed by atoms with Crippen molar-refractivity contribution >= 4 is 17.7 Å². The summed E-state index contributed by atoms with van der Waals surface area (Å²) in [7, 11) is 1.76. The molecule has 0 aliphatic carbocycles. The van der Waals surface area contributed by atoms with Crippen LogP contribution in [0, 0.1) is 0 Å². The maximum absolute atomic E-state index is 13.1. The number of aromatic nitrogens is 2. The van der Waals surface area contributed by atoms with E-state index in [1.165, 1.54) is 22.3 Å². The van der Waals surface area contributed by atoms with Crippen molar-refractivity contribution in [2.75, 3.05) is 72.0 Å². The van der Waals surface area contributed by atoms with E-state index in [-0.39, 0.29) is 37.4 Å². The lowest BCUT2D eigenvalue weighted by Crippen LogP contribution is -2.48. The normalized spacial score (nSPS) is 17.7. The molecule has 2 atom stereocenters. The van der Waals surface area contributed by atoms with Crippen LogP contribution < -0.4 is 16.4 Å². The maximum atomic E-state index is 13.1. The van der Waals surface area contributed by atoms with Gasteiger partial charge >= 0.3 is 0 Å². The molecule has 4 heterocycles. The van der Waals surface area contributed by atoms with Crippen molar-refractivity contribution in [1.29, 1.82) is 0 Å². The lowest BCUT2D eigenvalue weighted by Gasteiger charge is -2.34. The van der Waals surface area contributed by atoms with Crippen LogP contribution >= 0.6 is 0 Å². The molecule has 3 aromatic carbocycles. The van der Waals surface area contributed by atoms with Gasteiger partial charge in [0.15, 0.2) is 5.82 Å². The van der Waals surface area contributed by atoms with Gasteiger partial charge in [-0.2, -0.15) is 0 Å². The Hall–Kier alpha value is -4.96. The number of nitrogens with two attached hydrogens (primary N) is 1. The van der Waals surface area contributed by atoms with Gasteiger partial charge in [-0.25, -0.2) is 4.98 Å². The zero-order valence-corrected chi connectivity index (χ0v) is 32.8. The molecule has 2 unspecified atom stereocenters. The quantitative estimate of drug-likeness (QED) is 0.117. The van der Waals surface area contributed by atoms with E-state index < -0.39 is 12.2 Å². The summed E-state index contributed by atoms with van der Waals surface area (Å²) >= 11 is 0. The number of hydrogen-bond acceptors (Lipinski definition) is 10. The molecular weight excluding hydrogens is 723 g/mol. The third-order valence-electron chi connectivity index (χ3n) is 11.3. The number of piperazine rings is 1. The number of carbonyl (C=O) groups is 3. The summed E-state index contributed by atoms with van der Waals surface area (Å²) in [5.41, 5.74) is 14.4. The Bertz CT molecular complexity index is 2040. The molecular formula is C43H55N9O5. The molecule has 1 saturated heterocycles. The number of amides is 3. The standard InChI is InChI=1S/C43H55N9O5/c1-48-14-11-45-41(48)43(57)47-23-39(54)28-52-13-10-32-6-8-34(21-37(32)26-52)33-7-5-31-9-12-51(25-36(31)20-33)27-38(53)22-46-42(56)35-4-2-3-30(19-35)24-49-15-17-50(18-16-49)29-40(44)55/h2-8,11,14,19-21,38-39,53-54H,9-10,12-13,15-18,22-29H2,1H3,(H2,44,55)(H,46,56)(H,47,57). The number of benzene rings is 3. The molecule has 0 spiro atoms.